The highest BCUT2D eigenvalue weighted by atomic mass is 19.4. The second kappa shape index (κ2) is 6.72. The van der Waals surface area contributed by atoms with E-state index in [0.717, 1.165) is 17.5 Å². The van der Waals surface area contributed by atoms with E-state index in [-0.39, 0.29) is 0 Å². The van der Waals surface area contributed by atoms with Crippen molar-refractivity contribution in [2.24, 2.45) is 0 Å². The number of benzene rings is 3. The van der Waals surface area contributed by atoms with Crippen LogP contribution in [0, 0.1) is 0 Å². The summed E-state index contributed by atoms with van der Waals surface area (Å²) in [7, 11) is 0. The van der Waals surface area contributed by atoms with Crippen LogP contribution in [0.3, 0.4) is 0 Å². The van der Waals surface area contributed by atoms with E-state index in [2.05, 4.69) is 9.97 Å². The minimum Gasteiger partial charge on any atom is -0.457 e. The Balaban J connectivity index is 1.66. The van der Waals surface area contributed by atoms with Crippen LogP contribution < -0.4 is 4.74 Å². The van der Waals surface area contributed by atoms with E-state index in [0.29, 0.717) is 28.4 Å². The molecule has 4 rings (SSSR count). The standard InChI is InChI=1S/C21H13F3N2O/c22-21(23,24)16-9-6-14(7-10-16)20-25-13-15-8-11-18(12-19(15)26-20)27-17-4-2-1-3-5-17/h1-13H. The fraction of sp³-hybridized carbons (Fsp3) is 0.0476. The molecule has 3 nitrogen and oxygen atoms in total. The molecule has 3 aromatic carbocycles. The van der Waals surface area contributed by atoms with E-state index in [1.165, 1.54) is 12.1 Å². The van der Waals surface area contributed by atoms with Crippen LogP contribution in [0.2, 0.25) is 0 Å². The second-order valence-corrected chi connectivity index (χ2v) is 5.90. The lowest BCUT2D eigenvalue weighted by Crippen LogP contribution is -2.04. The number of halogens is 3. The van der Waals surface area contributed by atoms with Crippen molar-refractivity contribution in [2.45, 2.75) is 6.18 Å². The van der Waals surface area contributed by atoms with Crippen molar-refractivity contribution in [1.29, 1.82) is 0 Å². The summed E-state index contributed by atoms with van der Waals surface area (Å²) in [4.78, 5) is 8.72. The van der Waals surface area contributed by atoms with Crippen LogP contribution in [0.15, 0.2) is 79.0 Å². The van der Waals surface area contributed by atoms with E-state index in [4.69, 9.17) is 4.74 Å². The third-order valence-corrected chi connectivity index (χ3v) is 4.00. The van der Waals surface area contributed by atoms with Gasteiger partial charge in [-0.05, 0) is 36.4 Å². The normalized spacial score (nSPS) is 11.5. The maximum atomic E-state index is 12.7. The maximum Gasteiger partial charge on any atom is 0.416 e. The molecule has 0 fully saturated rings. The van der Waals surface area contributed by atoms with Crippen LogP contribution in [0.4, 0.5) is 13.2 Å². The zero-order chi connectivity index (χ0) is 18.9. The van der Waals surface area contributed by atoms with Gasteiger partial charge in [0.1, 0.15) is 11.5 Å². The Bertz CT molecular complexity index is 1080. The Morgan fingerprint density at radius 1 is 0.778 bits per heavy atom. The van der Waals surface area contributed by atoms with Gasteiger partial charge >= 0.3 is 6.18 Å². The zero-order valence-corrected chi connectivity index (χ0v) is 13.9. The molecule has 0 saturated carbocycles. The highest BCUT2D eigenvalue weighted by Gasteiger charge is 2.30. The molecule has 0 spiro atoms. The smallest absolute Gasteiger partial charge is 0.416 e. The number of ether oxygens (including phenoxy) is 1. The van der Waals surface area contributed by atoms with Crippen LogP contribution in [-0.4, -0.2) is 9.97 Å². The molecule has 0 aliphatic carbocycles. The first-order valence-electron chi connectivity index (χ1n) is 8.16. The molecular formula is C21H13F3N2O. The van der Waals surface area contributed by atoms with Crippen molar-refractivity contribution in [2.75, 3.05) is 0 Å². The molecule has 0 N–H and O–H groups in total. The fourth-order valence-corrected chi connectivity index (χ4v) is 2.64. The van der Waals surface area contributed by atoms with Crippen LogP contribution in [0.25, 0.3) is 22.3 Å². The number of hydrogen-bond acceptors (Lipinski definition) is 3. The first-order chi connectivity index (χ1) is 13.0. The largest absolute Gasteiger partial charge is 0.457 e. The van der Waals surface area contributed by atoms with E-state index >= 15 is 0 Å². The van der Waals surface area contributed by atoms with Gasteiger partial charge in [-0.15, -0.1) is 0 Å². The fourth-order valence-electron chi connectivity index (χ4n) is 2.64. The average molecular weight is 366 g/mol. The summed E-state index contributed by atoms with van der Waals surface area (Å²) in [5.74, 6) is 1.67. The van der Waals surface area contributed by atoms with Gasteiger partial charge in [-0.25, -0.2) is 9.97 Å². The number of para-hydroxylation sites is 1. The molecule has 134 valence electrons. The minimum absolute atomic E-state index is 0.355. The van der Waals surface area contributed by atoms with Gasteiger partial charge in [0.25, 0.3) is 0 Å². The lowest BCUT2D eigenvalue weighted by atomic mass is 10.1. The van der Waals surface area contributed by atoms with Gasteiger partial charge in [-0.3, -0.25) is 0 Å². The molecule has 0 radical (unpaired) electrons. The topological polar surface area (TPSA) is 35.0 Å². The number of nitrogens with zero attached hydrogens (tertiary/aromatic N) is 2. The highest BCUT2D eigenvalue weighted by Crippen LogP contribution is 2.31. The quantitative estimate of drug-likeness (QED) is 0.439. The zero-order valence-electron chi connectivity index (χ0n) is 13.9. The van der Waals surface area contributed by atoms with Crippen LogP contribution in [-0.2, 0) is 6.18 Å². The molecule has 0 amide bonds. The van der Waals surface area contributed by atoms with E-state index < -0.39 is 11.7 Å². The number of rotatable bonds is 3. The van der Waals surface area contributed by atoms with Gasteiger partial charge < -0.3 is 4.74 Å². The van der Waals surface area contributed by atoms with Crippen LogP contribution in [0.5, 0.6) is 11.5 Å². The number of aromatic nitrogens is 2. The van der Waals surface area contributed by atoms with Gasteiger partial charge in [0.05, 0.1) is 11.1 Å². The Kier molecular flexibility index (Phi) is 4.24. The van der Waals surface area contributed by atoms with Crippen molar-refractivity contribution >= 4 is 10.9 Å². The first-order valence-corrected chi connectivity index (χ1v) is 8.16. The molecule has 6 heteroatoms. The second-order valence-electron chi connectivity index (χ2n) is 5.90. The van der Waals surface area contributed by atoms with Crippen molar-refractivity contribution < 1.29 is 17.9 Å². The molecule has 0 bridgehead atoms. The molecular weight excluding hydrogens is 353 g/mol. The first kappa shape index (κ1) is 17.0. The van der Waals surface area contributed by atoms with E-state index in [9.17, 15) is 13.2 Å². The molecule has 27 heavy (non-hydrogen) atoms. The number of alkyl halides is 3. The van der Waals surface area contributed by atoms with Crippen molar-refractivity contribution in [3.8, 4) is 22.9 Å². The number of fused-ring (bicyclic) bond motifs is 1. The SMILES string of the molecule is FC(F)(F)c1ccc(-c2ncc3ccc(Oc4ccccc4)cc3n2)cc1. The highest BCUT2D eigenvalue weighted by molar-refractivity contribution is 5.81. The van der Waals surface area contributed by atoms with Gasteiger partial charge in [0.2, 0.25) is 0 Å². The molecule has 0 saturated heterocycles. The summed E-state index contributed by atoms with van der Waals surface area (Å²) in [6.07, 6.45) is -2.73. The van der Waals surface area contributed by atoms with Crippen molar-refractivity contribution in [1.82, 2.24) is 9.97 Å². The maximum absolute atomic E-state index is 12.7. The average Bonchev–Trinajstić information content (AvgIpc) is 2.68. The van der Waals surface area contributed by atoms with Crippen molar-refractivity contribution in [3.63, 3.8) is 0 Å². The Hall–Kier alpha value is -3.41. The Morgan fingerprint density at radius 2 is 1.52 bits per heavy atom. The molecule has 1 aromatic heterocycles. The minimum atomic E-state index is -4.37. The summed E-state index contributed by atoms with van der Waals surface area (Å²) in [6, 6.07) is 19.6. The molecule has 4 aromatic rings. The molecule has 1 heterocycles. The van der Waals surface area contributed by atoms with Crippen molar-refractivity contribution in [3.05, 3.63) is 84.6 Å². The predicted molar refractivity (Wildman–Crippen MR) is 96.5 cm³/mol. The van der Waals surface area contributed by atoms with Crippen LogP contribution >= 0.6 is 0 Å². The third-order valence-electron chi connectivity index (χ3n) is 4.00. The predicted octanol–water partition coefficient (Wildman–Crippen LogP) is 6.11. The summed E-state index contributed by atoms with van der Waals surface area (Å²) in [5, 5.41) is 0.811. The van der Waals surface area contributed by atoms with E-state index in [1.54, 1.807) is 12.3 Å². The molecule has 0 unspecified atom stereocenters. The van der Waals surface area contributed by atoms with E-state index in [1.807, 2.05) is 42.5 Å². The summed E-state index contributed by atoms with van der Waals surface area (Å²) in [6.45, 7) is 0. The van der Waals surface area contributed by atoms with Gasteiger partial charge in [0, 0.05) is 23.2 Å². The van der Waals surface area contributed by atoms with Gasteiger partial charge in [-0.1, -0.05) is 30.3 Å². The Labute approximate surface area is 153 Å². The number of hydrogen-bond donors (Lipinski definition) is 0. The molecule has 0 aliphatic heterocycles. The van der Waals surface area contributed by atoms with Gasteiger partial charge in [-0.2, -0.15) is 13.2 Å². The lowest BCUT2D eigenvalue weighted by Gasteiger charge is -2.08. The third kappa shape index (κ3) is 3.74. The molecule has 0 aliphatic rings. The van der Waals surface area contributed by atoms with Crippen LogP contribution in [0.1, 0.15) is 5.56 Å². The van der Waals surface area contributed by atoms with Gasteiger partial charge in [0.15, 0.2) is 5.82 Å². The Morgan fingerprint density at radius 3 is 2.22 bits per heavy atom. The summed E-state index contributed by atoms with van der Waals surface area (Å²) in [5.41, 5.74) is 0.457. The monoisotopic (exact) mass is 366 g/mol. The lowest BCUT2D eigenvalue weighted by molar-refractivity contribution is -0.137. The summed E-state index contributed by atoms with van der Waals surface area (Å²) >= 11 is 0. The molecule has 0 atom stereocenters. The summed E-state index contributed by atoms with van der Waals surface area (Å²) < 4.78 is 43.9.